The van der Waals surface area contributed by atoms with Crippen LogP contribution in [0.2, 0.25) is 0 Å². The highest BCUT2D eigenvalue weighted by Crippen LogP contribution is 2.34. The number of aliphatic hydroxyl groups excluding tert-OH is 2. The van der Waals surface area contributed by atoms with E-state index < -0.39 is 30.6 Å². The molecule has 3 unspecified atom stereocenters. The molecule has 0 aliphatic heterocycles. The average molecular weight is 506 g/mol. The Labute approximate surface area is 212 Å². The lowest BCUT2D eigenvalue weighted by molar-refractivity contribution is -0.140. The number of carbonyl (C=O) groups is 2. The Morgan fingerprint density at radius 3 is 2.37 bits per heavy atom. The van der Waals surface area contributed by atoms with Crippen LogP contribution in [0.5, 0.6) is 5.75 Å². The number of aliphatic carboxylic acids is 1. The highest BCUT2D eigenvalue weighted by Gasteiger charge is 2.24. The minimum atomic E-state index is -1.32. The Hall–Kier alpha value is -2.42. The van der Waals surface area contributed by atoms with E-state index in [-0.39, 0.29) is 17.9 Å². The summed E-state index contributed by atoms with van der Waals surface area (Å²) < 4.78 is 5.85. The molecule has 8 heteroatoms. The molecule has 194 valence electrons. The number of rotatable bonds is 12. The zero-order chi connectivity index (χ0) is 26.3. The van der Waals surface area contributed by atoms with E-state index in [1.54, 1.807) is 0 Å². The van der Waals surface area contributed by atoms with E-state index in [1.807, 2.05) is 46.8 Å². The van der Waals surface area contributed by atoms with Crippen molar-refractivity contribution in [1.29, 1.82) is 0 Å². The molecule has 0 saturated heterocycles. The third-order valence-electron chi connectivity index (χ3n) is 6.24. The first-order chi connectivity index (χ1) is 16.4. The van der Waals surface area contributed by atoms with Crippen molar-refractivity contribution in [2.45, 2.75) is 78.9 Å². The molecule has 7 nitrogen and oxygen atoms in total. The van der Waals surface area contributed by atoms with Gasteiger partial charge in [0.25, 0.3) is 5.91 Å². The predicted molar refractivity (Wildman–Crippen MR) is 139 cm³/mol. The highest BCUT2D eigenvalue weighted by molar-refractivity contribution is 7.14. The van der Waals surface area contributed by atoms with Crippen molar-refractivity contribution in [3.05, 3.63) is 50.7 Å². The van der Waals surface area contributed by atoms with Crippen LogP contribution in [0.25, 0.3) is 0 Å². The monoisotopic (exact) mass is 505 g/mol. The molecule has 1 aromatic heterocycles. The van der Waals surface area contributed by atoms with Gasteiger partial charge in [-0.05, 0) is 73.3 Å². The summed E-state index contributed by atoms with van der Waals surface area (Å²) in [5.74, 6) is -0.695. The Morgan fingerprint density at radius 1 is 1.14 bits per heavy atom. The minimum absolute atomic E-state index is 0.236. The topological polar surface area (TPSA) is 116 Å². The number of carboxylic acid groups (broad SMARTS) is 1. The fraction of sp³-hybridized carbons (Fsp3) is 0.556. The van der Waals surface area contributed by atoms with E-state index in [4.69, 9.17) is 9.84 Å². The first kappa shape index (κ1) is 28.8. The van der Waals surface area contributed by atoms with Crippen LogP contribution in [0.15, 0.2) is 24.3 Å². The molecule has 1 amide bonds. The molecule has 3 atom stereocenters. The summed E-state index contributed by atoms with van der Waals surface area (Å²) in [6, 6.07) is 6.81. The van der Waals surface area contributed by atoms with E-state index in [1.165, 1.54) is 16.9 Å². The largest absolute Gasteiger partial charge is 0.491 e. The van der Waals surface area contributed by atoms with Crippen molar-refractivity contribution < 1.29 is 29.6 Å². The predicted octanol–water partition coefficient (Wildman–Crippen LogP) is 4.45. The van der Waals surface area contributed by atoms with Crippen LogP contribution in [-0.4, -0.2) is 52.6 Å². The van der Waals surface area contributed by atoms with Gasteiger partial charge in [0.2, 0.25) is 0 Å². The molecule has 0 bridgehead atoms. The zero-order valence-corrected chi connectivity index (χ0v) is 22.4. The number of benzene rings is 1. The van der Waals surface area contributed by atoms with Gasteiger partial charge in [-0.3, -0.25) is 4.79 Å². The maximum absolute atomic E-state index is 12.6. The number of thiophene rings is 1. The van der Waals surface area contributed by atoms with Crippen molar-refractivity contribution in [3.63, 3.8) is 0 Å². The number of aliphatic hydroxyl groups is 2. The van der Waals surface area contributed by atoms with Gasteiger partial charge in [0.05, 0.1) is 17.6 Å². The highest BCUT2D eigenvalue weighted by atomic mass is 32.1. The van der Waals surface area contributed by atoms with Gasteiger partial charge in [-0.25, -0.2) is 4.79 Å². The van der Waals surface area contributed by atoms with Gasteiger partial charge >= 0.3 is 5.97 Å². The molecule has 2 rings (SSSR count). The summed E-state index contributed by atoms with van der Waals surface area (Å²) in [6.07, 6.45) is 2.15. The third kappa shape index (κ3) is 8.05. The Bertz CT molecular complexity index is 1010. The average Bonchev–Trinajstić information content (AvgIpc) is 3.17. The van der Waals surface area contributed by atoms with E-state index >= 15 is 0 Å². The van der Waals surface area contributed by atoms with Gasteiger partial charge < -0.3 is 25.4 Å². The molecule has 2 aromatic rings. The second-order valence-corrected chi connectivity index (χ2v) is 11.2. The third-order valence-corrected chi connectivity index (χ3v) is 7.64. The van der Waals surface area contributed by atoms with Crippen molar-refractivity contribution in [3.8, 4) is 5.75 Å². The SMILES string of the molecule is CCC(CCc1ccc(OCC(O)C(C)(C)C)c(C)c1)c1cc(C)c(C(=O)NC(CO)C(=O)O)s1. The normalized spacial score (nSPS) is 14.3. The first-order valence-electron chi connectivity index (χ1n) is 12.0. The maximum atomic E-state index is 12.6. The van der Waals surface area contributed by atoms with E-state index in [0.29, 0.717) is 4.88 Å². The molecule has 0 saturated carbocycles. The number of ether oxygens (including phenoxy) is 1. The fourth-order valence-corrected chi connectivity index (χ4v) is 4.97. The van der Waals surface area contributed by atoms with Crippen LogP contribution in [0, 0.1) is 19.3 Å². The molecule has 0 radical (unpaired) electrons. The van der Waals surface area contributed by atoms with Crippen LogP contribution in [0.3, 0.4) is 0 Å². The van der Waals surface area contributed by atoms with Gasteiger partial charge in [-0.2, -0.15) is 0 Å². The minimum Gasteiger partial charge on any atom is -0.491 e. The molecule has 1 heterocycles. The summed E-state index contributed by atoms with van der Waals surface area (Å²) in [4.78, 5) is 25.3. The van der Waals surface area contributed by atoms with Crippen molar-refractivity contribution in [2.24, 2.45) is 5.41 Å². The summed E-state index contributed by atoms with van der Waals surface area (Å²) in [5, 5.41) is 30.9. The van der Waals surface area contributed by atoms with Crippen LogP contribution in [0.1, 0.15) is 77.7 Å². The van der Waals surface area contributed by atoms with Crippen molar-refractivity contribution in [1.82, 2.24) is 5.32 Å². The molecular formula is C27H39NO6S. The van der Waals surface area contributed by atoms with Crippen LogP contribution < -0.4 is 10.1 Å². The fourth-order valence-electron chi connectivity index (χ4n) is 3.68. The molecule has 4 N–H and O–H groups in total. The summed E-state index contributed by atoms with van der Waals surface area (Å²) in [6.45, 7) is 11.5. The number of aryl methyl sites for hydroxylation is 3. The maximum Gasteiger partial charge on any atom is 0.328 e. The van der Waals surface area contributed by atoms with Crippen LogP contribution in [-0.2, 0) is 11.2 Å². The smallest absolute Gasteiger partial charge is 0.328 e. The lowest BCUT2D eigenvalue weighted by atomic mass is 9.90. The molecule has 0 aliphatic carbocycles. The first-order valence-corrected chi connectivity index (χ1v) is 12.8. The van der Waals surface area contributed by atoms with Crippen molar-refractivity contribution >= 4 is 23.2 Å². The van der Waals surface area contributed by atoms with Gasteiger partial charge in [0.15, 0.2) is 6.04 Å². The molecule has 0 fully saturated rings. The van der Waals surface area contributed by atoms with Gasteiger partial charge in [-0.1, -0.05) is 39.8 Å². The van der Waals surface area contributed by atoms with Crippen molar-refractivity contribution in [2.75, 3.05) is 13.2 Å². The molecule has 0 aliphatic rings. The van der Waals surface area contributed by atoms with E-state index in [0.717, 1.165) is 41.0 Å². The Morgan fingerprint density at radius 2 is 1.83 bits per heavy atom. The van der Waals surface area contributed by atoms with Gasteiger partial charge in [0.1, 0.15) is 12.4 Å². The number of hydrogen-bond donors (Lipinski definition) is 4. The number of nitrogens with one attached hydrogen (secondary N) is 1. The lowest BCUT2D eigenvalue weighted by Crippen LogP contribution is -2.43. The van der Waals surface area contributed by atoms with Crippen LogP contribution in [0.4, 0.5) is 0 Å². The molecule has 1 aromatic carbocycles. The summed E-state index contributed by atoms with van der Waals surface area (Å²) >= 11 is 1.39. The Kier molecular flexibility index (Phi) is 10.3. The molecule has 35 heavy (non-hydrogen) atoms. The number of carbonyl (C=O) groups excluding carboxylic acids is 1. The number of hydrogen-bond acceptors (Lipinski definition) is 6. The Balaban J connectivity index is 2.03. The standard InChI is InChI=1S/C27H39NO6S/c1-7-19(22-13-17(3)24(35-22)25(31)28-20(14-29)26(32)33)10-8-18-9-11-21(16(2)12-18)34-15-23(30)27(4,5)6/h9,11-13,19-20,23,29-30H,7-8,10,14-15H2,1-6H3,(H,28,31)(H,32,33). The van der Waals surface area contributed by atoms with E-state index in [2.05, 4.69) is 24.4 Å². The number of amides is 1. The quantitative estimate of drug-likeness (QED) is 0.339. The summed E-state index contributed by atoms with van der Waals surface area (Å²) in [5.41, 5.74) is 2.79. The molecular weight excluding hydrogens is 466 g/mol. The van der Waals surface area contributed by atoms with E-state index in [9.17, 15) is 19.8 Å². The number of carboxylic acids is 1. The summed E-state index contributed by atoms with van der Waals surface area (Å²) in [7, 11) is 0. The second kappa shape index (κ2) is 12.5. The lowest BCUT2D eigenvalue weighted by Gasteiger charge is -2.26. The van der Waals surface area contributed by atoms with Gasteiger partial charge in [-0.15, -0.1) is 11.3 Å². The van der Waals surface area contributed by atoms with Crippen LogP contribution >= 0.6 is 11.3 Å². The van der Waals surface area contributed by atoms with Gasteiger partial charge in [0, 0.05) is 4.88 Å². The molecule has 0 spiro atoms. The second-order valence-electron chi connectivity index (χ2n) is 10.1. The zero-order valence-electron chi connectivity index (χ0n) is 21.6.